The summed E-state index contributed by atoms with van der Waals surface area (Å²) in [4.78, 5) is 25.8. The highest BCUT2D eigenvalue weighted by atomic mass is 32.1. The third-order valence-corrected chi connectivity index (χ3v) is 5.91. The minimum atomic E-state index is -0.963. The second-order valence-electron chi connectivity index (χ2n) is 5.70. The van der Waals surface area contributed by atoms with Crippen LogP contribution in [0.25, 0.3) is 6.08 Å². The van der Waals surface area contributed by atoms with Gasteiger partial charge in [0.15, 0.2) is 0 Å². The Labute approximate surface area is 142 Å². The van der Waals surface area contributed by atoms with E-state index in [1.165, 1.54) is 17.4 Å². The average Bonchev–Trinajstić information content (AvgIpc) is 3.11. The predicted octanol–water partition coefficient (Wildman–Crippen LogP) is 4.28. The molecule has 1 atom stereocenters. The lowest BCUT2D eigenvalue weighted by atomic mass is 9.88. The summed E-state index contributed by atoms with van der Waals surface area (Å²) < 4.78 is 0. The molecule has 120 valence electrons. The number of aromatic carboxylic acids is 1. The number of anilines is 1. The molecule has 0 radical (unpaired) electrons. The van der Waals surface area contributed by atoms with Crippen LogP contribution in [0.5, 0.6) is 0 Å². The van der Waals surface area contributed by atoms with Crippen LogP contribution in [0.4, 0.5) is 5.00 Å². The zero-order chi connectivity index (χ0) is 16.4. The van der Waals surface area contributed by atoms with Gasteiger partial charge in [0.05, 0.1) is 5.56 Å². The quantitative estimate of drug-likeness (QED) is 0.811. The van der Waals surface area contributed by atoms with Crippen LogP contribution in [0.2, 0.25) is 0 Å². The Kier molecular flexibility index (Phi) is 4.63. The fraction of sp³-hybridized carbons (Fsp3) is 0.294. The second kappa shape index (κ2) is 6.68. The summed E-state index contributed by atoms with van der Waals surface area (Å²) >= 11 is 2.94. The number of amides is 1. The highest BCUT2D eigenvalue weighted by molar-refractivity contribution is 7.17. The molecule has 2 aromatic rings. The first-order valence-corrected chi connectivity index (χ1v) is 9.14. The van der Waals surface area contributed by atoms with Gasteiger partial charge in [-0.2, -0.15) is 0 Å². The molecule has 0 fully saturated rings. The maximum Gasteiger partial charge on any atom is 0.339 e. The van der Waals surface area contributed by atoms with Crippen molar-refractivity contribution in [3.05, 3.63) is 44.5 Å². The molecule has 0 saturated carbocycles. The van der Waals surface area contributed by atoms with Crippen LogP contribution in [0.1, 0.15) is 39.0 Å². The van der Waals surface area contributed by atoms with E-state index in [9.17, 15) is 14.7 Å². The maximum atomic E-state index is 12.1. The standard InChI is InChI=1S/C17H17NO3S2/c1-10-4-6-12-13(9-10)23-16(15(12)17(20)21)18-14(19)7-5-11-3-2-8-22-11/h2-3,5,7-8,10H,4,6,9H2,1H3,(H,18,19)(H,20,21)/b7-5+/t10-/m0/s1. The maximum absolute atomic E-state index is 12.1. The molecule has 1 aliphatic rings. The molecule has 6 heteroatoms. The molecule has 0 unspecified atom stereocenters. The van der Waals surface area contributed by atoms with Gasteiger partial charge in [-0.25, -0.2) is 4.79 Å². The van der Waals surface area contributed by atoms with E-state index < -0.39 is 5.97 Å². The molecule has 0 aliphatic heterocycles. The molecule has 23 heavy (non-hydrogen) atoms. The van der Waals surface area contributed by atoms with Crippen LogP contribution in [-0.4, -0.2) is 17.0 Å². The number of carboxylic acid groups (broad SMARTS) is 1. The molecular formula is C17H17NO3S2. The molecule has 2 heterocycles. The Hall–Kier alpha value is -1.92. The topological polar surface area (TPSA) is 66.4 Å². The van der Waals surface area contributed by atoms with E-state index in [4.69, 9.17) is 0 Å². The summed E-state index contributed by atoms with van der Waals surface area (Å²) in [6.45, 7) is 2.17. The van der Waals surface area contributed by atoms with Crippen molar-refractivity contribution in [3.8, 4) is 0 Å². The number of carbonyl (C=O) groups excluding carboxylic acids is 1. The summed E-state index contributed by atoms with van der Waals surface area (Å²) in [7, 11) is 0. The van der Waals surface area contributed by atoms with Crippen molar-refractivity contribution >= 4 is 45.6 Å². The fourth-order valence-corrected chi connectivity index (χ4v) is 4.79. The Morgan fingerprint density at radius 1 is 1.43 bits per heavy atom. The van der Waals surface area contributed by atoms with Gasteiger partial charge in [-0.05, 0) is 48.3 Å². The number of nitrogens with one attached hydrogen (secondary N) is 1. The van der Waals surface area contributed by atoms with Gasteiger partial charge in [0.25, 0.3) is 0 Å². The van der Waals surface area contributed by atoms with Crippen LogP contribution < -0.4 is 5.32 Å². The van der Waals surface area contributed by atoms with E-state index in [1.54, 1.807) is 17.4 Å². The van der Waals surface area contributed by atoms with Crippen LogP contribution in [-0.2, 0) is 17.6 Å². The van der Waals surface area contributed by atoms with Crippen molar-refractivity contribution in [2.24, 2.45) is 5.92 Å². The number of rotatable bonds is 4. The van der Waals surface area contributed by atoms with Crippen molar-refractivity contribution < 1.29 is 14.7 Å². The van der Waals surface area contributed by atoms with Crippen LogP contribution in [0.3, 0.4) is 0 Å². The first-order valence-electron chi connectivity index (χ1n) is 7.45. The van der Waals surface area contributed by atoms with Crippen molar-refractivity contribution in [1.29, 1.82) is 0 Å². The fourth-order valence-electron chi connectivity index (χ4n) is 2.76. The molecule has 0 saturated heterocycles. The zero-order valence-corrected chi connectivity index (χ0v) is 14.3. The summed E-state index contributed by atoms with van der Waals surface area (Å²) in [6, 6.07) is 3.83. The summed E-state index contributed by atoms with van der Waals surface area (Å²) in [5.41, 5.74) is 1.17. The predicted molar refractivity (Wildman–Crippen MR) is 94.5 cm³/mol. The third-order valence-electron chi connectivity index (χ3n) is 3.90. The van der Waals surface area contributed by atoms with Gasteiger partial charge >= 0.3 is 5.97 Å². The second-order valence-corrected chi connectivity index (χ2v) is 7.78. The first-order chi connectivity index (χ1) is 11.0. The molecule has 0 spiro atoms. The molecule has 4 nitrogen and oxygen atoms in total. The van der Waals surface area contributed by atoms with E-state index in [-0.39, 0.29) is 11.5 Å². The lowest BCUT2D eigenvalue weighted by molar-refractivity contribution is -0.111. The highest BCUT2D eigenvalue weighted by Crippen LogP contribution is 2.39. The Morgan fingerprint density at radius 2 is 2.26 bits per heavy atom. The Bertz CT molecular complexity index is 759. The van der Waals surface area contributed by atoms with Gasteiger partial charge in [0.2, 0.25) is 5.91 Å². The van der Waals surface area contributed by atoms with E-state index >= 15 is 0 Å². The average molecular weight is 347 g/mol. The first kappa shape index (κ1) is 16.0. The molecule has 0 aromatic carbocycles. The third kappa shape index (κ3) is 3.54. The van der Waals surface area contributed by atoms with Gasteiger partial charge < -0.3 is 10.4 Å². The normalized spacial score (nSPS) is 17.2. The highest BCUT2D eigenvalue weighted by Gasteiger charge is 2.27. The van der Waals surface area contributed by atoms with Crippen LogP contribution >= 0.6 is 22.7 Å². The number of hydrogen-bond acceptors (Lipinski definition) is 4. The van der Waals surface area contributed by atoms with Crippen molar-refractivity contribution in [2.75, 3.05) is 5.32 Å². The van der Waals surface area contributed by atoms with E-state index in [2.05, 4.69) is 12.2 Å². The molecule has 2 aromatic heterocycles. The van der Waals surface area contributed by atoms with Gasteiger partial charge in [0.1, 0.15) is 5.00 Å². The molecule has 1 amide bonds. The minimum absolute atomic E-state index is 0.273. The van der Waals surface area contributed by atoms with Crippen molar-refractivity contribution in [1.82, 2.24) is 0 Å². The van der Waals surface area contributed by atoms with Crippen molar-refractivity contribution in [3.63, 3.8) is 0 Å². The molecule has 2 N–H and O–H groups in total. The molecule has 0 bridgehead atoms. The monoisotopic (exact) mass is 347 g/mol. The smallest absolute Gasteiger partial charge is 0.339 e. The largest absolute Gasteiger partial charge is 0.478 e. The summed E-state index contributed by atoms with van der Waals surface area (Å²) in [5, 5.41) is 14.6. The molecular weight excluding hydrogens is 330 g/mol. The van der Waals surface area contributed by atoms with Gasteiger partial charge in [-0.3, -0.25) is 4.79 Å². The number of carbonyl (C=O) groups is 2. The summed E-state index contributed by atoms with van der Waals surface area (Å²) in [6.07, 6.45) is 5.83. The number of thiophene rings is 2. The number of fused-ring (bicyclic) bond motifs is 1. The van der Waals surface area contributed by atoms with Gasteiger partial charge in [-0.15, -0.1) is 22.7 Å². The molecule has 1 aliphatic carbocycles. The lowest BCUT2D eigenvalue weighted by Gasteiger charge is -2.17. The van der Waals surface area contributed by atoms with E-state index in [1.807, 2.05) is 17.5 Å². The number of hydrogen-bond donors (Lipinski definition) is 2. The van der Waals surface area contributed by atoms with Crippen LogP contribution in [0.15, 0.2) is 23.6 Å². The van der Waals surface area contributed by atoms with Gasteiger partial charge in [0, 0.05) is 15.8 Å². The SMILES string of the molecule is C[C@H]1CCc2c(sc(NC(=O)/C=C/c3cccs3)c2C(=O)O)C1. The minimum Gasteiger partial charge on any atom is -0.478 e. The van der Waals surface area contributed by atoms with E-state index in [0.29, 0.717) is 10.9 Å². The number of carboxylic acids is 1. The van der Waals surface area contributed by atoms with Gasteiger partial charge in [-0.1, -0.05) is 13.0 Å². The lowest BCUT2D eigenvalue weighted by Crippen LogP contribution is -2.13. The zero-order valence-electron chi connectivity index (χ0n) is 12.7. The Balaban J connectivity index is 1.82. The van der Waals surface area contributed by atoms with Crippen molar-refractivity contribution in [2.45, 2.75) is 26.2 Å². The Morgan fingerprint density at radius 3 is 2.96 bits per heavy atom. The van der Waals surface area contributed by atoms with Crippen LogP contribution in [0, 0.1) is 5.92 Å². The van der Waals surface area contributed by atoms with E-state index in [0.717, 1.165) is 34.6 Å². The molecule has 3 rings (SSSR count). The summed E-state index contributed by atoms with van der Waals surface area (Å²) in [5.74, 6) is -0.702.